The van der Waals surface area contributed by atoms with Gasteiger partial charge in [-0.3, -0.25) is 4.57 Å². The predicted molar refractivity (Wildman–Crippen MR) is 89.5 cm³/mol. The summed E-state index contributed by atoms with van der Waals surface area (Å²) in [5.74, 6) is -0.924. The third kappa shape index (κ3) is 3.84. The number of morpholine rings is 1. The molecule has 0 aromatic carbocycles. The molecule has 0 radical (unpaired) electrons. The molecule has 1 unspecified atom stereocenters. The Kier molecular flexibility index (Phi) is 5.33. The zero-order valence-electron chi connectivity index (χ0n) is 13.0. The smallest absolute Gasteiger partial charge is 0.349 e. The van der Waals surface area contributed by atoms with Crippen LogP contribution in [0.15, 0.2) is 11.0 Å². The Labute approximate surface area is 143 Å². The van der Waals surface area contributed by atoms with E-state index in [-0.39, 0.29) is 17.8 Å². The summed E-state index contributed by atoms with van der Waals surface area (Å²) in [5.41, 5.74) is 4.72. The Morgan fingerprint density at radius 1 is 1.50 bits per heavy atom. The van der Waals surface area contributed by atoms with Crippen molar-refractivity contribution in [2.75, 3.05) is 38.6 Å². The average Bonchev–Trinajstić information content (AvgIpc) is 2.51. The first-order valence-electron chi connectivity index (χ1n) is 7.71. The van der Waals surface area contributed by atoms with E-state index in [0.717, 1.165) is 6.20 Å². The van der Waals surface area contributed by atoms with E-state index in [2.05, 4.69) is 4.98 Å². The second-order valence-corrected chi connectivity index (χ2v) is 9.24. The molecule has 134 valence electrons. The topological polar surface area (TPSA) is 103 Å². The van der Waals surface area contributed by atoms with Crippen molar-refractivity contribution in [1.82, 2.24) is 14.2 Å². The lowest BCUT2D eigenvalue weighted by Gasteiger charge is -2.38. The van der Waals surface area contributed by atoms with Gasteiger partial charge in [0, 0.05) is 25.3 Å². The molecular formula is C13H20FN4O4PS. The average molecular weight is 378 g/mol. The predicted octanol–water partition coefficient (Wildman–Crippen LogP) is 0.481. The SMILES string of the molecule is Nc1nc(=O)n(C2CC(COP(O)(=S)N3CCOCC3)C2)cc1F. The summed E-state index contributed by atoms with van der Waals surface area (Å²) in [6, 6.07) is -0.131. The van der Waals surface area contributed by atoms with Crippen molar-refractivity contribution in [2.24, 2.45) is 5.92 Å². The van der Waals surface area contributed by atoms with Crippen LogP contribution < -0.4 is 11.4 Å². The Morgan fingerprint density at radius 3 is 2.83 bits per heavy atom. The molecule has 2 fully saturated rings. The quantitative estimate of drug-likeness (QED) is 0.714. The monoisotopic (exact) mass is 378 g/mol. The van der Waals surface area contributed by atoms with E-state index in [4.69, 9.17) is 26.8 Å². The lowest BCUT2D eigenvalue weighted by Crippen LogP contribution is -2.38. The molecule has 3 rings (SSSR count). The summed E-state index contributed by atoms with van der Waals surface area (Å²) >= 11 is 5.21. The number of hydrogen-bond acceptors (Lipinski definition) is 6. The van der Waals surface area contributed by atoms with Crippen molar-refractivity contribution in [3.8, 4) is 0 Å². The van der Waals surface area contributed by atoms with E-state index in [1.54, 1.807) is 4.67 Å². The highest BCUT2D eigenvalue weighted by Crippen LogP contribution is 2.49. The molecule has 1 aromatic rings. The minimum Gasteiger partial charge on any atom is -0.381 e. The first kappa shape index (κ1) is 17.9. The Balaban J connectivity index is 1.51. The van der Waals surface area contributed by atoms with Crippen molar-refractivity contribution in [2.45, 2.75) is 18.9 Å². The van der Waals surface area contributed by atoms with E-state index in [1.807, 2.05) is 0 Å². The fourth-order valence-electron chi connectivity index (χ4n) is 2.87. The van der Waals surface area contributed by atoms with Crippen molar-refractivity contribution in [3.05, 3.63) is 22.5 Å². The Morgan fingerprint density at radius 2 is 2.17 bits per heavy atom. The fourth-order valence-corrected chi connectivity index (χ4v) is 4.78. The molecule has 1 aliphatic carbocycles. The summed E-state index contributed by atoms with van der Waals surface area (Å²) < 4.78 is 27.3. The maximum Gasteiger partial charge on any atom is 0.349 e. The number of hydrogen-bond donors (Lipinski definition) is 2. The van der Waals surface area contributed by atoms with Crippen molar-refractivity contribution < 1.29 is 18.5 Å². The van der Waals surface area contributed by atoms with E-state index in [9.17, 15) is 14.1 Å². The van der Waals surface area contributed by atoms with Crippen LogP contribution in [0.2, 0.25) is 0 Å². The van der Waals surface area contributed by atoms with E-state index in [1.165, 1.54) is 4.57 Å². The molecule has 0 bridgehead atoms. The van der Waals surface area contributed by atoms with Crippen LogP contribution in [0.5, 0.6) is 0 Å². The van der Waals surface area contributed by atoms with Gasteiger partial charge in [0.1, 0.15) is 0 Å². The number of nitrogen functional groups attached to an aromatic ring is 1. The van der Waals surface area contributed by atoms with Crippen LogP contribution in [0.4, 0.5) is 10.2 Å². The lowest BCUT2D eigenvalue weighted by molar-refractivity contribution is 0.0572. The molecule has 11 heteroatoms. The third-order valence-electron chi connectivity index (χ3n) is 4.36. The van der Waals surface area contributed by atoms with Crippen LogP contribution in [-0.4, -0.2) is 52.0 Å². The Hall–Kier alpha value is -0.900. The lowest BCUT2D eigenvalue weighted by atomic mass is 9.81. The number of nitrogens with zero attached hydrogens (tertiary/aromatic N) is 3. The molecule has 1 aromatic heterocycles. The minimum absolute atomic E-state index is 0.131. The molecule has 0 amide bonds. The Bertz CT molecular complexity index is 706. The van der Waals surface area contributed by atoms with Crippen LogP contribution in [-0.2, 0) is 21.1 Å². The van der Waals surface area contributed by atoms with Gasteiger partial charge in [-0.05, 0) is 30.6 Å². The molecule has 0 spiro atoms. The summed E-state index contributed by atoms with van der Waals surface area (Å²) in [6.45, 7) is -0.474. The zero-order chi connectivity index (χ0) is 17.3. The summed E-state index contributed by atoms with van der Waals surface area (Å²) in [5, 5.41) is 0. The first-order chi connectivity index (χ1) is 11.4. The van der Waals surface area contributed by atoms with E-state index >= 15 is 0 Å². The standard InChI is InChI=1S/C13H20FN4O4PS/c14-11-7-18(13(19)16-12(11)15)10-5-9(6-10)8-22-23(20,24)17-1-3-21-4-2-17/h7,9-10H,1-6,8H2,(H,20,24)(H2,15,16,19). The molecule has 3 N–H and O–H groups in total. The molecule has 1 atom stereocenters. The number of anilines is 1. The molecule has 24 heavy (non-hydrogen) atoms. The van der Waals surface area contributed by atoms with Gasteiger partial charge in [-0.1, -0.05) is 0 Å². The van der Waals surface area contributed by atoms with Gasteiger partial charge in [0.05, 0.1) is 19.8 Å². The van der Waals surface area contributed by atoms with Crippen LogP contribution in [0.3, 0.4) is 0 Å². The van der Waals surface area contributed by atoms with Crippen LogP contribution >= 0.6 is 6.64 Å². The van der Waals surface area contributed by atoms with Crippen LogP contribution in [0, 0.1) is 11.7 Å². The van der Waals surface area contributed by atoms with Gasteiger partial charge in [0.15, 0.2) is 11.6 Å². The largest absolute Gasteiger partial charge is 0.381 e. The second-order valence-electron chi connectivity index (χ2n) is 6.01. The highest BCUT2D eigenvalue weighted by molar-refractivity contribution is 8.08. The normalized spacial score (nSPS) is 27.4. The number of ether oxygens (including phenoxy) is 1. The molecular weight excluding hydrogens is 358 g/mol. The van der Waals surface area contributed by atoms with Gasteiger partial charge in [-0.25, -0.2) is 13.9 Å². The third-order valence-corrected chi connectivity index (χ3v) is 6.97. The molecule has 2 aliphatic rings. The summed E-state index contributed by atoms with van der Waals surface area (Å²) in [6.07, 6.45) is 2.38. The number of nitrogens with two attached hydrogens (primary N) is 1. The van der Waals surface area contributed by atoms with Crippen molar-refractivity contribution in [1.29, 1.82) is 0 Å². The van der Waals surface area contributed by atoms with Gasteiger partial charge in [0.25, 0.3) is 6.64 Å². The molecule has 1 saturated heterocycles. The first-order valence-corrected chi connectivity index (χ1v) is 10.3. The number of aromatic nitrogens is 2. The second kappa shape index (κ2) is 7.15. The van der Waals surface area contributed by atoms with Gasteiger partial charge in [-0.2, -0.15) is 4.98 Å². The number of halogens is 1. The van der Waals surface area contributed by atoms with Gasteiger partial charge >= 0.3 is 5.69 Å². The molecule has 1 aliphatic heterocycles. The summed E-state index contributed by atoms with van der Waals surface area (Å²) in [4.78, 5) is 25.6. The minimum atomic E-state index is -2.99. The van der Waals surface area contributed by atoms with Gasteiger partial charge in [-0.15, -0.1) is 0 Å². The van der Waals surface area contributed by atoms with E-state index in [0.29, 0.717) is 45.8 Å². The highest BCUT2D eigenvalue weighted by Gasteiger charge is 2.34. The van der Waals surface area contributed by atoms with Crippen molar-refractivity contribution in [3.63, 3.8) is 0 Å². The van der Waals surface area contributed by atoms with Crippen LogP contribution in [0.25, 0.3) is 0 Å². The maximum absolute atomic E-state index is 13.5. The molecule has 8 nitrogen and oxygen atoms in total. The fraction of sp³-hybridized carbons (Fsp3) is 0.692. The zero-order valence-corrected chi connectivity index (χ0v) is 14.7. The summed E-state index contributed by atoms with van der Waals surface area (Å²) in [7, 11) is 0. The maximum atomic E-state index is 13.5. The van der Waals surface area contributed by atoms with Crippen LogP contribution in [0.1, 0.15) is 18.9 Å². The van der Waals surface area contributed by atoms with E-state index < -0.39 is 18.1 Å². The molecule has 1 saturated carbocycles. The van der Waals surface area contributed by atoms with Gasteiger partial charge < -0.3 is 19.9 Å². The van der Waals surface area contributed by atoms with Gasteiger partial charge in [0.2, 0.25) is 0 Å². The number of rotatable bonds is 5. The van der Waals surface area contributed by atoms with Crippen molar-refractivity contribution >= 4 is 24.3 Å². The highest BCUT2D eigenvalue weighted by atomic mass is 32.5. The molecule has 2 heterocycles.